The lowest BCUT2D eigenvalue weighted by Gasteiger charge is -2.24. The normalized spacial score (nSPS) is 22.9. The van der Waals surface area contributed by atoms with Crippen molar-refractivity contribution in [3.05, 3.63) is 29.4 Å². The molecule has 0 bridgehead atoms. The van der Waals surface area contributed by atoms with Gasteiger partial charge in [-0.3, -0.25) is 0 Å². The van der Waals surface area contributed by atoms with Crippen LogP contribution in [0.3, 0.4) is 0 Å². The van der Waals surface area contributed by atoms with Gasteiger partial charge in [0.25, 0.3) is 0 Å². The first-order valence-corrected chi connectivity index (χ1v) is 5.97. The number of aliphatic hydroxyl groups is 1. The van der Waals surface area contributed by atoms with Crippen molar-refractivity contribution in [1.82, 2.24) is 0 Å². The number of rotatable bonds is 4. The zero-order valence-electron chi connectivity index (χ0n) is 11.1. The Morgan fingerprint density at radius 3 is 2.45 bits per heavy atom. The Labute approximate surface area is 113 Å². The average molecular weight is 288 g/mol. The number of esters is 1. The maximum absolute atomic E-state index is 13.0. The van der Waals surface area contributed by atoms with Gasteiger partial charge in [-0.05, 0) is 32.9 Å². The quantitative estimate of drug-likeness (QED) is 0.860. The van der Waals surface area contributed by atoms with Gasteiger partial charge in [0.2, 0.25) is 0 Å². The molecule has 0 spiro atoms. The molecule has 1 N–H and O–H groups in total. The molecular weight excluding hydrogens is 274 g/mol. The van der Waals surface area contributed by atoms with Crippen LogP contribution in [0, 0.1) is 6.92 Å². The van der Waals surface area contributed by atoms with Gasteiger partial charge in [0.05, 0.1) is 6.10 Å². The zero-order chi connectivity index (χ0) is 15.1. The van der Waals surface area contributed by atoms with Gasteiger partial charge in [-0.2, -0.15) is 0 Å². The van der Waals surface area contributed by atoms with Crippen molar-refractivity contribution < 1.29 is 32.6 Å². The van der Waals surface area contributed by atoms with Gasteiger partial charge >= 0.3 is 18.2 Å². The summed E-state index contributed by atoms with van der Waals surface area (Å²) >= 11 is 0. The first-order valence-electron chi connectivity index (χ1n) is 5.97. The standard InChI is InChI=1S/C13H14F2O5/c1-6(2)18-10-9(8-5-4-7(3)19-8)11(16)20-13(10,17)12(14)15/h4-6,12,17H,1-3H3. The molecule has 5 nitrogen and oxygen atoms in total. The van der Waals surface area contributed by atoms with Crippen LogP contribution in [0.15, 0.2) is 22.3 Å². The molecule has 0 saturated carbocycles. The first kappa shape index (κ1) is 14.5. The topological polar surface area (TPSA) is 68.9 Å². The van der Waals surface area contributed by atoms with Crippen LogP contribution in [0.5, 0.6) is 0 Å². The Morgan fingerprint density at radius 2 is 2.00 bits per heavy atom. The monoisotopic (exact) mass is 288 g/mol. The minimum atomic E-state index is -3.34. The Hall–Kier alpha value is -1.89. The minimum Gasteiger partial charge on any atom is -0.487 e. The summed E-state index contributed by atoms with van der Waals surface area (Å²) in [6.45, 7) is 4.78. The van der Waals surface area contributed by atoms with Crippen molar-refractivity contribution in [2.24, 2.45) is 0 Å². The second kappa shape index (κ2) is 4.90. The first-order chi connectivity index (χ1) is 9.25. The van der Waals surface area contributed by atoms with E-state index in [1.807, 2.05) is 0 Å². The summed E-state index contributed by atoms with van der Waals surface area (Å²) in [6, 6.07) is 2.98. The molecule has 1 aromatic heterocycles. The second-order valence-corrected chi connectivity index (χ2v) is 4.67. The highest BCUT2D eigenvalue weighted by Gasteiger charge is 2.56. The number of alkyl halides is 2. The van der Waals surface area contributed by atoms with Crippen molar-refractivity contribution in [3.8, 4) is 0 Å². The van der Waals surface area contributed by atoms with E-state index in [-0.39, 0.29) is 11.3 Å². The Balaban J connectivity index is 2.58. The third-order valence-electron chi connectivity index (χ3n) is 2.64. The van der Waals surface area contributed by atoms with Crippen molar-refractivity contribution >= 4 is 11.5 Å². The third-order valence-corrected chi connectivity index (χ3v) is 2.64. The molecule has 110 valence electrons. The zero-order valence-corrected chi connectivity index (χ0v) is 11.1. The summed E-state index contributed by atoms with van der Waals surface area (Å²) in [5.41, 5.74) is -0.324. The molecule has 0 saturated heterocycles. The van der Waals surface area contributed by atoms with Crippen molar-refractivity contribution in [2.45, 2.75) is 39.1 Å². The van der Waals surface area contributed by atoms with Gasteiger partial charge in [-0.25, -0.2) is 13.6 Å². The summed E-state index contributed by atoms with van der Waals surface area (Å²) in [5.74, 6) is -4.33. The van der Waals surface area contributed by atoms with Gasteiger partial charge in [0, 0.05) is 0 Å². The summed E-state index contributed by atoms with van der Waals surface area (Å²) in [5, 5.41) is 9.87. The lowest BCUT2D eigenvalue weighted by atomic mass is 10.1. The molecular formula is C13H14F2O5. The highest BCUT2D eigenvalue weighted by molar-refractivity contribution is 6.18. The number of hydrogen-bond acceptors (Lipinski definition) is 5. The fourth-order valence-corrected chi connectivity index (χ4v) is 1.81. The number of hydrogen-bond donors (Lipinski definition) is 1. The van der Waals surface area contributed by atoms with E-state index in [1.54, 1.807) is 26.8 Å². The molecule has 0 radical (unpaired) electrons. The third kappa shape index (κ3) is 2.29. The number of halogens is 2. The summed E-state index contributed by atoms with van der Waals surface area (Å²) in [7, 11) is 0. The SMILES string of the molecule is Cc1ccc(C2=C(OC(C)C)C(O)(C(F)F)OC2=O)o1. The second-order valence-electron chi connectivity index (χ2n) is 4.67. The lowest BCUT2D eigenvalue weighted by molar-refractivity contribution is -0.242. The fourth-order valence-electron chi connectivity index (χ4n) is 1.81. The molecule has 1 atom stereocenters. The molecule has 1 unspecified atom stereocenters. The van der Waals surface area contributed by atoms with Gasteiger partial charge < -0.3 is 19.0 Å². The van der Waals surface area contributed by atoms with Crippen LogP contribution >= 0.6 is 0 Å². The Kier molecular flexibility index (Phi) is 3.56. The number of carbonyl (C=O) groups is 1. The molecule has 20 heavy (non-hydrogen) atoms. The van der Waals surface area contributed by atoms with Crippen LogP contribution in [0.2, 0.25) is 0 Å². The molecule has 0 aromatic carbocycles. The number of ether oxygens (including phenoxy) is 2. The lowest BCUT2D eigenvalue weighted by Crippen LogP contribution is -2.41. The van der Waals surface area contributed by atoms with Crippen LogP contribution in [0.1, 0.15) is 25.4 Å². The molecule has 0 aliphatic carbocycles. The van der Waals surface area contributed by atoms with Crippen LogP contribution in [0.4, 0.5) is 8.78 Å². The molecule has 0 fully saturated rings. The number of furan rings is 1. The van der Waals surface area contributed by atoms with E-state index in [2.05, 4.69) is 4.74 Å². The average Bonchev–Trinajstić information content (AvgIpc) is 2.82. The van der Waals surface area contributed by atoms with Gasteiger partial charge in [0.1, 0.15) is 17.1 Å². The Morgan fingerprint density at radius 1 is 1.35 bits per heavy atom. The van der Waals surface area contributed by atoms with Gasteiger partial charge in [-0.15, -0.1) is 0 Å². The largest absolute Gasteiger partial charge is 0.487 e. The van der Waals surface area contributed by atoms with E-state index in [9.17, 15) is 18.7 Å². The maximum Gasteiger partial charge on any atom is 0.348 e. The van der Waals surface area contributed by atoms with Crippen LogP contribution in [0.25, 0.3) is 5.57 Å². The molecule has 1 aliphatic heterocycles. The molecule has 2 rings (SSSR count). The predicted molar refractivity (Wildman–Crippen MR) is 63.6 cm³/mol. The van der Waals surface area contributed by atoms with E-state index < -0.39 is 30.0 Å². The highest BCUT2D eigenvalue weighted by Crippen LogP contribution is 2.41. The summed E-state index contributed by atoms with van der Waals surface area (Å²) in [6.07, 6.45) is -3.87. The van der Waals surface area contributed by atoms with E-state index >= 15 is 0 Å². The molecule has 7 heteroatoms. The fraction of sp³-hybridized carbons (Fsp3) is 0.462. The van der Waals surface area contributed by atoms with E-state index in [0.29, 0.717) is 5.76 Å². The summed E-state index contributed by atoms with van der Waals surface area (Å²) < 4.78 is 40.9. The Bertz CT molecular complexity index is 561. The maximum atomic E-state index is 13.0. The van der Waals surface area contributed by atoms with E-state index in [0.717, 1.165) is 0 Å². The predicted octanol–water partition coefficient (Wildman–Crippen LogP) is 2.23. The summed E-state index contributed by atoms with van der Waals surface area (Å²) in [4.78, 5) is 11.8. The molecule has 1 aromatic rings. The van der Waals surface area contributed by atoms with Gasteiger partial charge in [-0.1, -0.05) is 0 Å². The van der Waals surface area contributed by atoms with Gasteiger partial charge in [0.15, 0.2) is 5.76 Å². The van der Waals surface area contributed by atoms with Crippen molar-refractivity contribution in [1.29, 1.82) is 0 Å². The van der Waals surface area contributed by atoms with E-state index in [4.69, 9.17) is 9.15 Å². The number of aryl methyl sites for hydroxylation is 1. The molecule has 0 amide bonds. The number of carbonyl (C=O) groups excluding carboxylic acids is 1. The van der Waals surface area contributed by atoms with E-state index in [1.165, 1.54) is 6.07 Å². The highest BCUT2D eigenvalue weighted by atomic mass is 19.3. The van der Waals surface area contributed by atoms with Crippen LogP contribution < -0.4 is 0 Å². The van der Waals surface area contributed by atoms with Crippen molar-refractivity contribution in [2.75, 3.05) is 0 Å². The molecule has 1 aliphatic rings. The minimum absolute atomic E-state index is 0.0136. The molecule has 2 heterocycles. The smallest absolute Gasteiger partial charge is 0.348 e. The van der Waals surface area contributed by atoms with Crippen molar-refractivity contribution in [3.63, 3.8) is 0 Å². The number of cyclic esters (lactones) is 1. The van der Waals surface area contributed by atoms with Crippen LogP contribution in [-0.2, 0) is 14.3 Å². The van der Waals surface area contributed by atoms with Crippen LogP contribution in [-0.4, -0.2) is 29.4 Å².